The SMILES string of the molecule is CC/C=C\C/C=C\C/C=C\C/C=C\CCCCCC(=O)OC(COC(=O)CCC/C=C\C/C=C\C/C=C\CCCCCCCC)COC(=O)CCCCCCCCCCCCCCCCC. The van der Waals surface area contributed by atoms with Crippen molar-refractivity contribution in [3.63, 3.8) is 0 Å². The second-order valence-corrected chi connectivity index (χ2v) is 18.1. The zero-order valence-corrected chi connectivity index (χ0v) is 43.2. The molecule has 0 aliphatic carbocycles. The van der Waals surface area contributed by atoms with Gasteiger partial charge in [-0.2, -0.15) is 0 Å². The molecule has 0 amide bonds. The van der Waals surface area contributed by atoms with Gasteiger partial charge in [0, 0.05) is 19.3 Å². The van der Waals surface area contributed by atoms with E-state index in [1.165, 1.54) is 122 Å². The van der Waals surface area contributed by atoms with Gasteiger partial charge in [0.15, 0.2) is 6.10 Å². The van der Waals surface area contributed by atoms with Gasteiger partial charge in [-0.05, 0) is 89.9 Å². The lowest BCUT2D eigenvalue weighted by atomic mass is 10.0. The smallest absolute Gasteiger partial charge is 0.306 e. The first kappa shape index (κ1) is 62.6. The number of allylic oxidation sites excluding steroid dienone is 14. The van der Waals surface area contributed by atoms with Gasteiger partial charge in [-0.1, -0.05) is 234 Å². The first-order valence-electron chi connectivity index (χ1n) is 27.6. The minimum absolute atomic E-state index is 0.104. The molecule has 0 saturated carbocycles. The van der Waals surface area contributed by atoms with Crippen LogP contribution >= 0.6 is 0 Å². The number of esters is 3. The molecule has 1 atom stereocenters. The second-order valence-electron chi connectivity index (χ2n) is 18.1. The van der Waals surface area contributed by atoms with Crippen LogP contribution in [0.5, 0.6) is 0 Å². The average molecular weight is 919 g/mol. The van der Waals surface area contributed by atoms with E-state index in [0.29, 0.717) is 12.8 Å². The fourth-order valence-electron chi connectivity index (χ4n) is 7.51. The fourth-order valence-corrected chi connectivity index (χ4v) is 7.51. The van der Waals surface area contributed by atoms with Crippen molar-refractivity contribution in [2.45, 2.75) is 264 Å². The van der Waals surface area contributed by atoms with Gasteiger partial charge in [-0.15, -0.1) is 0 Å². The van der Waals surface area contributed by atoms with Gasteiger partial charge in [-0.3, -0.25) is 14.4 Å². The Kier molecular flexibility index (Phi) is 51.4. The summed E-state index contributed by atoms with van der Waals surface area (Å²) in [4.78, 5) is 38.1. The normalized spacial score (nSPS) is 12.7. The lowest BCUT2D eigenvalue weighted by molar-refractivity contribution is -0.167. The number of ether oxygens (including phenoxy) is 3. The summed E-state index contributed by atoms with van der Waals surface area (Å²) in [5.74, 6) is -0.986. The Morgan fingerprint density at radius 1 is 0.318 bits per heavy atom. The summed E-state index contributed by atoms with van der Waals surface area (Å²) >= 11 is 0. The third-order valence-corrected chi connectivity index (χ3v) is 11.6. The summed E-state index contributed by atoms with van der Waals surface area (Å²) in [6.07, 6.45) is 70.0. The van der Waals surface area contributed by atoms with E-state index >= 15 is 0 Å². The molecule has 1 unspecified atom stereocenters. The molecule has 0 aromatic carbocycles. The number of unbranched alkanes of at least 4 members (excludes halogenated alkanes) is 24. The molecule has 0 radical (unpaired) electrons. The zero-order valence-electron chi connectivity index (χ0n) is 43.2. The van der Waals surface area contributed by atoms with Crippen LogP contribution in [-0.2, 0) is 28.6 Å². The molecule has 6 heteroatoms. The van der Waals surface area contributed by atoms with Gasteiger partial charge in [0.1, 0.15) is 13.2 Å². The number of hydrogen-bond acceptors (Lipinski definition) is 6. The van der Waals surface area contributed by atoms with E-state index in [0.717, 1.165) is 89.9 Å². The average Bonchev–Trinajstić information content (AvgIpc) is 3.31. The molecule has 0 aliphatic heterocycles. The van der Waals surface area contributed by atoms with E-state index in [4.69, 9.17) is 14.2 Å². The van der Waals surface area contributed by atoms with Crippen LogP contribution in [0, 0.1) is 0 Å². The third kappa shape index (κ3) is 51.6. The lowest BCUT2D eigenvalue weighted by Crippen LogP contribution is -2.30. The molecular weight excluding hydrogens is 817 g/mol. The quantitative estimate of drug-likeness (QED) is 0.0262. The Morgan fingerprint density at radius 2 is 0.606 bits per heavy atom. The highest BCUT2D eigenvalue weighted by atomic mass is 16.6. The molecular formula is C60H102O6. The summed E-state index contributed by atoms with van der Waals surface area (Å²) in [6, 6.07) is 0. The van der Waals surface area contributed by atoms with Crippen LogP contribution in [0.2, 0.25) is 0 Å². The van der Waals surface area contributed by atoms with Crippen LogP contribution in [0.3, 0.4) is 0 Å². The highest BCUT2D eigenvalue weighted by Crippen LogP contribution is 2.15. The minimum Gasteiger partial charge on any atom is -0.462 e. The summed E-state index contributed by atoms with van der Waals surface area (Å²) in [6.45, 7) is 6.46. The molecule has 0 aromatic rings. The van der Waals surface area contributed by atoms with E-state index in [-0.39, 0.29) is 44.0 Å². The molecule has 0 spiro atoms. The predicted octanol–water partition coefficient (Wildman–Crippen LogP) is 18.4. The van der Waals surface area contributed by atoms with Gasteiger partial charge < -0.3 is 14.2 Å². The molecule has 0 fully saturated rings. The van der Waals surface area contributed by atoms with Gasteiger partial charge >= 0.3 is 17.9 Å². The Morgan fingerprint density at radius 3 is 1.00 bits per heavy atom. The summed E-state index contributed by atoms with van der Waals surface area (Å²) in [7, 11) is 0. The lowest BCUT2D eigenvalue weighted by Gasteiger charge is -2.18. The van der Waals surface area contributed by atoms with Crippen LogP contribution in [0.25, 0.3) is 0 Å². The first-order valence-corrected chi connectivity index (χ1v) is 27.6. The van der Waals surface area contributed by atoms with E-state index in [2.05, 4.69) is 106 Å². The van der Waals surface area contributed by atoms with Crippen molar-refractivity contribution < 1.29 is 28.6 Å². The largest absolute Gasteiger partial charge is 0.462 e. The molecule has 0 aliphatic rings. The van der Waals surface area contributed by atoms with Crippen molar-refractivity contribution in [1.29, 1.82) is 0 Å². The van der Waals surface area contributed by atoms with E-state index < -0.39 is 6.10 Å². The number of hydrogen-bond donors (Lipinski definition) is 0. The molecule has 0 bridgehead atoms. The molecule has 0 rings (SSSR count). The Balaban J connectivity index is 4.51. The van der Waals surface area contributed by atoms with Crippen molar-refractivity contribution in [2.24, 2.45) is 0 Å². The highest BCUT2D eigenvalue weighted by Gasteiger charge is 2.19. The van der Waals surface area contributed by atoms with Crippen LogP contribution in [-0.4, -0.2) is 37.2 Å². The van der Waals surface area contributed by atoms with Crippen LogP contribution < -0.4 is 0 Å². The Hall–Kier alpha value is -3.41. The van der Waals surface area contributed by atoms with Gasteiger partial charge in [0.25, 0.3) is 0 Å². The standard InChI is InChI=1S/C60H102O6/c1-4-7-10-13-16-19-22-25-28-30-33-35-38-41-44-47-50-53-59(62)65-56-57(55-64-58(61)52-49-46-43-40-37-34-31-27-24-21-18-15-12-9-6-3)66-60(63)54-51-48-45-42-39-36-32-29-26-23-20-17-14-11-8-5-2/h8,11,17,20,25-26,28-29,33,35-36,39,41,44,57H,4-7,9-10,12-16,18-19,21-24,27,30-32,34,37-38,40,42-43,45-56H2,1-3H3/b11-8-,20-17-,28-25-,29-26-,35-33-,39-36-,44-41-. The van der Waals surface area contributed by atoms with Crippen LogP contribution in [0.15, 0.2) is 85.1 Å². The monoisotopic (exact) mass is 919 g/mol. The summed E-state index contributed by atoms with van der Waals surface area (Å²) in [5, 5.41) is 0. The van der Waals surface area contributed by atoms with Gasteiger partial charge in [0.2, 0.25) is 0 Å². The molecule has 0 N–H and O–H groups in total. The molecule has 0 aromatic heterocycles. The molecule has 0 heterocycles. The van der Waals surface area contributed by atoms with Crippen LogP contribution in [0.1, 0.15) is 258 Å². The van der Waals surface area contributed by atoms with Crippen LogP contribution in [0.4, 0.5) is 0 Å². The zero-order chi connectivity index (χ0) is 47.9. The summed E-state index contributed by atoms with van der Waals surface area (Å²) in [5.41, 5.74) is 0. The third-order valence-electron chi connectivity index (χ3n) is 11.6. The maximum Gasteiger partial charge on any atom is 0.306 e. The fraction of sp³-hybridized carbons (Fsp3) is 0.717. The van der Waals surface area contributed by atoms with E-state index in [1.807, 2.05) is 0 Å². The number of rotatable bonds is 49. The van der Waals surface area contributed by atoms with Crippen molar-refractivity contribution in [3.8, 4) is 0 Å². The summed E-state index contributed by atoms with van der Waals surface area (Å²) < 4.78 is 16.8. The maximum absolute atomic E-state index is 12.8. The van der Waals surface area contributed by atoms with Crippen molar-refractivity contribution in [1.82, 2.24) is 0 Å². The first-order chi connectivity index (χ1) is 32.5. The highest BCUT2D eigenvalue weighted by molar-refractivity contribution is 5.71. The Bertz CT molecular complexity index is 1290. The maximum atomic E-state index is 12.8. The minimum atomic E-state index is -0.812. The van der Waals surface area contributed by atoms with E-state index in [9.17, 15) is 14.4 Å². The Labute approximate surface area is 407 Å². The second kappa shape index (κ2) is 54.2. The van der Waals surface area contributed by atoms with Crippen molar-refractivity contribution >= 4 is 17.9 Å². The number of carbonyl (C=O) groups excluding carboxylic acids is 3. The molecule has 378 valence electrons. The van der Waals surface area contributed by atoms with Crippen molar-refractivity contribution in [2.75, 3.05) is 13.2 Å². The molecule has 6 nitrogen and oxygen atoms in total. The van der Waals surface area contributed by atoms with E-state index in [1.54, 1.807) is 0 Å². The molecule has 0 saturated heterocycles. The van der Waals surface area contributed by atoms with Gasteiger partial charge in [0.05, 0.1) is 0 Å². The number of carbonyl (C=O) groups is 3. The van der Waals surface area contributed by atoms with Gasteiger partial charge in [-0.25, -0.2) is 0 Å². The van der Waals surface area contributed by atoms with Crippen molar-refractivity contribution in [3.05, 3.63) is 85.1 Å². The predicted molar refractivity (Wildman–Crippen MR) is 284 cm³/mol. The topological polar surface area (TPSA) is 78.9 Å². The molecule has 66 heavy (non-hydrogen) atoms.